The lowest BCUT2D eigenvalue weighted by molar-refractivity contribution is 0.0948. The van der Waals surface area contributed by atoms with Crippen LogP contribution >= 0.6 is 0 Å². The van der Waals surface area contributed by atoms with Gasteiger partial charge in [0.2, 0.25) is 11.1 Å². The summed E-state index contributed by atoms with van der Waals surface area (Å²) in [5, 5.41) is 3.10. The van der Waals surface area contributed by atoms with Gasteiger partial charge in [-0.3, -0.25) is 9.59 Å². The molecule has 0 aliphatic rings. The Morgan fingerprint density at radius 2 is 1.96 bits per heavy atom. The van der Waals surface area contributed by atoms with Crippen molar-refractivity contribution >= 4 is 17.0 Å². The summed E-state index contributed by atoms with van der Waals surface area (Å²) < 4.78 is 5.37. The third kappa shape index (κ3) is 3.76. The van der Waals surface area contributed by atoms with E-state index in [0.29, 0.717) is 11.9 Å². The molecule has 128 valence electrons. The predicted molar refractivity (Wildman–Crippen MR) is 96.6 cm³/mol. The van der Waals surface area contributed by atoms with Crippen LogP contribution in [0.5, 0.6) is 0 Å². The maximum atomic E-state index is 12.6. The minimum Gasteiger partial charge on any atom is -0.445 e. The van der Waals surface area contributed by atoms with Gasteiger partial charge >= 0.3 is 0 Å². The summed E-state index contributed by atoms with van der Waals surface area (Å²) in [7, 11) is 0. The number of aromatic nitrogens is 1. The van der Waals surface area contributed by atoms with Gasteiger partial charge in [0.1, 0.15) is 11.8 Å². The van der Waals surface area contributed by atoms with Gasteiger partial charge < -0.3 is 9.73 Å². The zero-order chi connectivity index (χ0) is 17.8. The van der Waals surface area contributed by atoms with Gasteiger partial charge in [-0.25, -0.2) is 4.98 Å². The number of hydrogen-bond acceptors (Lipinski definition) is 4. The minimum atomic E-state index is -0.447. The molecule has 0 spiro atoms. The Kier molecular flexibility index (Phi) is 4.93. The molecule has 2 heterocycles. The fraction of sp³-hybridized carbons (Fsp3) is 0.250. The second-order valence-electron chi connectivity index (χ2n) is 6.09. The van der Waals surface area contributed by atoms with Crippen molar-refractivity contribution in [3.05, 3.63) is 75.3 Å². The molecule has 3 rings (SSSR count). The fourth-order valence-corrected chi connectivity index (χ4v) is 2.63. The number of aryl methyl sites for hydroxylation is 2. The second kappa shape index (κ2) is 7.30. The lowest BCUT2D eigenvalue weighted by Gasteiger charge is -2.06. The van der Waals surface area contributed by atoms with E-state index >= 15 is 0 Å². The number of carbonyl (C=O) groups is 1. The molecular weight excluding hydrogens is 316 g/mol. The highest BCUT2D eigenvalue weighted by molar-refractivity contribution is 5.96. The number of rotatable bonds is 5. The van der Waals surface area contributed by atoms with Gasteiger partial charge in [-0.15, -0.1) is 0 Å². The summed E-state index contributed by atoms with van der Waals surface area (Å²) in [4.78, 5) is 29.2. The van der Waals surface area contributed by atoms with Gasteiger partial charge in [0.25, 0.3) is 5.91 Å². The summed E-state index contributed by atoms with van der Waals surface area (Å²) in [5.41, 5.74) is 2.97. The second-order valence-corrected chi connectivity index (χ2v) is 6.09. The van der Waals surface area contributed by atoms with Crippen LogP contribution in [-0.2, 0) is 13.0 Å². The molecule has 25 heavy (non-hydrogen) atoms. The maximum absolute atomic E-state index is 12.6. The number of benzene rings is 1. The van der Waals surface area contributed by atoms with Gasteiger partial charge in [0, 0.05) is 12.7 Å². The standard InChI is InChI=1S/C20H20N2O3/c1-3-4-15-9-16-18(23)17(12-25-20(16)22-11-15)19(24)21-10-14-7-5-13(2)6-8-14/h5-9,11-12H,3-4,10H2,1-2H3,(H,21,24). The van der Waals surface area contributed by atoms with Crippen molar-refractivity contribution in [3.8, 4) is 0 Å². The topological polar surface area (TPSA) is 72.2 Å². The summed E-state index contributed by atoms with van der Waals surface area (Å²) in [6, 6.07) is 9.60. The Morgan fingerprint density at radius 1 is 1.20 bits per heavy atom. The van der Waals surface area contributed by atoms with Crippen LogP contribution in [0.4, 0.5) is 0 Å². The molecule has 1 N–H and O–H groups in total. The third-order valence-electron chi connectivity index (χ3n) is 4.04. The van der Waals surface area contributed by atoms with E-state index in [-0.39, 0.29) is 16.7 Å². The van der Waals surface area contributed by atoms with Crippen LogP contribution in [0, 0.1) is 6.92 Å². The van der Waals surface area contributed by atoms with Crippen LogP contribution in [0.15, 0.2) is 52.0 Å². The SMILES string of the molecule is CCCc1cnc2occ(C(=O)NCc3ccc(C)cc3)c(=O)c2c1. The number of nitrogens with zero attached hydrogens (tertiary/aromatic N) is 1. The van der Waals surface area contributed by atoms with Crippen molar-refractivity contribution in [3.63, 3.8) is 0 Å². The molecule has 0 saturated heterocycles. The van der Waals surface area contributed by atoms with Crippen molar-refractivity contribution in [1.29, 1.82) is 0 Å². The molecule has 2 aromatic heterocycles. The normalized spacial score (nSPS) is 10.8. The van der Waals surface area contributed by atoms with E-state index in [1.807, 2.05) is 31.2 Å². The van der Waals surface area contributed by atoms with Gasteiger partial charge in [-0.2, -0.15) is 0 Å². The number of amides is 1. The molecule has 1 aromatic carbocycles. The fourth-order valence-electron chi connectivity index (χ4n) is 2.63. The highest BCUT2D eigenvalue weighted by Crippen LogP contribution is 2.12. The van der Waals surface area contributed by atoms with Crippen LogP contribution in [-0.4, -0.2) is 10.9 Å². The number of carbonyl (C=O) groups excluding carboxylic acids is 1. The van der Waals surface area contributed by atoms with Crippen LogP contribution in [0.25, 0.3) is 11.1 Å². The Labute approximate surface area is 145 Å². The Hall–Kier alpha value is -2.95. The molecule has 0 saturated carbocycles. The Morgan fingerprint density at radius 3 is 2.68 bits per heavy atom. The van der Waals surface area contributed by atoms with Gasteiger partial charge in [0.15, 0.2) is 0 Å². The molecule has 0 aliphatic carbocycles. The van der Waals surface area contributed by atoms with Crippen LogP contribution in [0.1, 0.15) is 40.4 Å². The minimum absolute atomic E-state index is 0.00457. The van der Waals surface area contributed by atoms with E-state index in [2.05, 4.69) is 17.2 Å². The monoisotopic (exact) mass is 336 g/mol. The first-order chi connectivity index (χ1) is 12.1. The van der Waals surface area contributed by atoms with Crippen molar-refractivity contribution in [1.82, 2.24) is 10.3 Å². The van der Waals surface area contributed by atoms with Gasteiger partial charge in [0.05, 0.1) is 5.39 Å². The first-order valence-corrected chi connectivity index (χ1v) is 8.32. The van der Waals surface area contributed by atoms with Crippen LogP contribution in [0.2, 0.25) is 0 Å². The largest absolute Gasteiger partial charge is 0.445 e. The first kappa shape index (κ1) is 16.9. The quantitative estimate of drug-likeness (QED) is 0.775. The Bertz CT molecular complexity index is 959. The van der Waals surface area contributed by atoms with E-state index in [1.54, 1.807) is 12.3 Å². The molecule has 0 unspecified atom stereocenters. The smallest absolute Gasteiger partial charge is 0.258 e. The van der Waals surface area contributed by atoms with E-state index < -0.39 is 5.91 Å². The van der Waals surface area contributed by atoms with Crippen LogP contribution in [0.3, 0.4) is 0 Å². The van der Waals surface area contributed by atoms with Gasteiger partial charge in [-0.05, 0) is 30.5 Å². The third-order valence-corrected chi connectivity index (χ3v) is 4.04. The highest BCUT2D eigenvalue weighted by Gasteiger charge is 2.15. The number of fused-ring (bicyclic) bond motifs is 1. The zero-order valence-electron chi connectivity index (χ0n) is 14.3. The van der Waals surface area contributed by atoms with Gasteiger partial charge in [-0.1, -0.05) is 43.2 Å². The average Bonchev–Trinajstić information content (AvgIpc) is 2.62. The molecule has 0 atom stereocenters. The van der Waals surface area contributed by atoms with E-state index in [4.69, 9.17) is 4.42 Å². The molecule has 5 heteroatoms. The lowest BCUT2D eigenvalue weighted by Crippen LogP contribution is -2.28. The lowest BCUT2D eigenvalue weighted by atomic mass is 10.1. The summed E-state index contributed by atoms with van der Waals surface area (Å²) in [5.74, 6) is -0.447. The molecule has 0 radical (unpaired) electrons. The molecule has 0 aliphatic heterocycles. The van der Waals surface area contributed by atoms with Crippen molar-refractivity contribution in [2.75, 3.05) is 0 Å². The average molecular weight is 336 g/mol. The number of nitrogens with one attached hydrogen (secondary N) is 1. The highest BCUT2D eigenvalue weighted by atomic mass is 16.3. The summed E-state index contributed by atoms with van der Waals surface area (Å²) in [6.07, 6.45) is 4.66. The van der Waals surface area contributed by atoms with Crippen molar-refractivity contribution < 1.29 is 9.21 Å². The summed E-state index contributed by atoms with van der Waals surface area (Å²) >= 11 is 0. The van der Waals surface area contributed by atoms with Crippen molar-refractivity contribution in [2.45, 2.75) is 33.2 Å². The molecule has 0 bridgehead atoms. The van der Waals surface area contributed by atoms with Crippen molar-refractivity contribution in [2.24, 2.45) is 0 Å². The summed E-state index contributed by atoms with van der Waals surface area (Å²) in [6.45, 7) is 4.41. The molecule has 1 amide bonds. The first-order valence-electron chi connectivity index (χ1n) is 8.32. The molecule has 5 nitrogen and oxygen atoms in total. The van der Waals surface area contributed by atoms with Crippen LogP contribution < -0.4 is 10.7 Å². The molecule has 0 fully saturated rings. The Balaban J connectivity index is 1.84. The number of hydrogen-bond donors (Lipinski definition) is 1. The van der Waals surface area contributed by atoms with E-state index in [9.17, 15) is 9.59 Å². The molecular formula is C20H20N2O3. The van der Waals surface area contributed by atoms with E-state index in [0.717, 1.165) is 29.5 Å². The number of pyridine rings is 1. The predicted octanol–water partition coefficient (Wildman–Crippen LogP) is 3.38. The zero-order valence-corrected chi connectivity index (χ0v) is 14.3. The maximum Gasteiger partial charge on any atom is 0.258 e. The van der Waals surface area contributed by atoms with E-state index in [1.165, 1.54) is 6.26 Å². The molecule has 3 aromatic rings.